The van der Waals surface area contributed by atoms with Crippen LogP contribution in [0, 0.1) is 0 Å². The van der Waals surface area contributed by atoms with Crippen LogP contribution in [0.1, 0.15) is 31.7 Å². The molecular formula is C14H28N4O2. The molecule has 1 heterocycles. The van der Waals surface area contributed by atoms with Crippen LogP contribution in [0.3, 0.4) is 0 Å². The second-order valence-electron chi connectivity index (χ2n) is 4.76. The summed E-state index contributed by atoms with van der Waals surface area (Å²) >= 11 is 0. The molecule has 0 aliphatic heterocycles. The molecule has 20 heavy (non-hydrogen) atoms. The minimum atomic E-state index is 0.198. The van der Waals surface area contributed by atoms with Gasteiger partial charge in [-0.15, -0.1) is 0 Å². The Morgan fingerprint density at radius 1 is 1.35 bits per heavy atom. The molecule has 0 aliphatic carbocycles. The Kier molecular flexibility index (Phi) is 8.45. The van der Waals surface area contributed by atoms with Crippen molar-refractivity contribution >= 4 is 0 Å². The molecule has 6 nitrogen and oxygen atoms in total. The summed E-state index contributed by atoms with van der Waals surface area (Å²) in [6, 6.07) is 2.36. The minimum absolute atomic E-state index is 0.198. The van der Waals surface area contributed by atoms with Gasteiger partial charge in [-0.05, 0) is 25.8 Å². The molecule has 0 aliphatic rings. The second kappa shape index (κ2) is 9.88. The smallest absolute Gasteiger partial charge is 0.0700 e. The molecule has 6 heteroatoms. The number of nitrogens with two attached hydrogens (primary N) is 1. The fraction of sp³-hybridized carbons (Fsp3) is 0.786. The van der Waals surface area contributed by atoms with Crippen LogP contribution in [0.4, 0.5) is 0 Å². The summed E-state index contributed by atoms with van der Waals surface area (Å²) in [4.78, 5) is 0. The Bertz CT molecular complexity index is 368. The fourth-order valence-corrected chi connectivity index (χ4v) is 2.09. The first-order valence-electron chi connectivity index (χ1n) is 7.33. The number of hydrogen-bond donors (Lipinski definition) is 2. The average Bonchev–Trinajstić information content (AvgIpc) is 2.87. The maximum absolute atomic E-state index is 5.63. The number of methoxy groups -OCH3 is 1. The van der Waals surface area contributed by atoms with Crippen molar-refractivity contribution in [2.45, 2.75) is 45.7 Å². The fourth-order valence-electron chi connectivity index (χ4n) is 2.09. The summed E-state index contributed by atoms with van der Waals surface area (Å²) in [6.07, 6.45) is 2.70. The van der Waals surface area contributed by atoms with Gasteiger partial charge in [-0.3, -0.25) is 16.0 Å². The maximum Gasteiger partial charge on any atom is 0.0700 e. The Balaban J connectivity index is 2.44. The van der Waals surface area contributed by atoms with E-state index in [2.05, 4.69) is 35.1 Å². The molecule has 0 saturated carbocycles. The molecule has 0 radical (unpaired) electrons. The second-order valence-corrected chi connectivity index (χ2v) is 4.76. The summed E-state index contributed by atoms with van der Waals surface area (Å²) in [7, 11) is 1.67. The molecular weight excluding hydrogens is 256 g/mol. The van der Waals surface area contributed by atoms with Crippen LogP contribution in [0.25, 0.3) is 0 Å². The van der Waals surface area contributed by atoms with E-state index in [0.717, 1.165) is 31.5 Å². The molecule has 0 saturated heterocycles. The highest BCUT2D eigenvalue weighted by Gasteiger charge is 2.12. The minimum Gasteiger partial charge on any atom is -0.382 e. The first kappa shape index (κ1) is 17.1. The van der Waals surface area contributed by atoms with E-state index in [-0.39, 0.29) is 6.04 Å². The van der Waals surface area contributed by atoms with Gasteiger partial charge in [0.25, 0.3) is 0 Å². The topological polar surface area (TPSA) is 74.3 Å². The third-order valence-electron chi connectivity index (χ3n) is 3.31. The highest BCUT2D eigenvalue weighted by molar-refractivity contribution is 5.11. The van der Waals surface area contributed by atoms with Crippen LogP contribution in [0.15, 0.2) is 6.07 Å². The van der Waals surface area contributed by atoms with Crippen LogP contribution >= 0.6 is 0 Å². The van der Waals surface area contributed by atoms with E-state index in [1.807, 2.05) is 0 Å². The standard InChI is InChI=1S/C14H28N4O2/c1-4-12-10-14(18(5-2)17-12)11-13(16-15)6-7-20-9-8-19-3/h10,13,16H,4-9,11,15H2,1-3H3. The predicted molar refractivity (Wildman–Crippen MR) is 79.4 cm³/mol. The van der Waals surface area contributed by atoms with E-state index in [1.165, 1.54) is 5.69 Å². The molecule has 1 aromatic heterocycles. The van der Waals surface area contributed by atoms with Gasteiger partial charge in [0.05, 0.1) is 18.9 Å². The highest BCUT2D eigenvalue weighted by atomic mass is 16.5. The summed E-state index contributed by atoms with van der Waals surface area (Å²) in [6.45, 7) is 7.04. The van der Waals surface area contributed by atoms with Crippen molar-refractivity contribution in [1.29, 1.82) is 0 Å². The molecule has 0 aromatic carbocycles. The monoisotopic (exact) mass is 284 g/mol. The first-order chi connectivity index (χ1) is 9.74. The van der Waals surface area contributed by atoms with Crippen molar-refractivity contribution in [2.24, 2.45) is 5.84 Å². The number of hydrogen-bond acceptors (Lipinski definition) is 5. The van der Waals surface area contributed by atoms with Crippen LogP contribution in [0.2, 0.25) is 0 Å². The number of hydrazine groups is 1. The molecule has 116 valence electrons. The average molecular weight is 284 g/mol. The zero-order valence-corrected chi connectivity index (χ0v) is 12.9. The van der Waals surface area contributed by atoms with E-state index in [4.69, 9.17) is 15.3 Å². The molecule has 1 atom stereocenters. The van der Waals surface area contributed by atoms with Crippen molar-refractivity contribution in [3.05, 3.63) is 17.5 Å². The Morgan fingerprint density at radius 3 is 2.75 bits per heavy atom. The molecule has 0 amide bonds. The van der Waals surface area contributed by atoms with Gasteiger partial charge in [-0.2, -0.15) is 5.10 Å². The lowest BCUT2D eigenvalue weighted by molar-refractivity contribution is 0.0657. The number of nitrogens with one attached hydrogen (secondary N) is 1. The molecule has 1 aromatic rings. The van der Waals surface area contributed by atoms with E-state index in [1.54, 1.807) is 7.11 Å². The Morgan fingerprint density at radius 2 is 2.15 bits per heavy atom. The lowest BCUT2D eigenvalue weighted by Crippen LogP contribution is -2.38. The van der Waals surface area contributed by atoms with Gasteiger partial charge < -0.3 is 9.47 Å². The van der Waals surface area contributed by atoms with Crippen molar-refractivity contribution < 1.29 is 9.47 Å². The Labute approximate surface area is 121 Å². The van der Waals surface area contributed by atoms with Crippen molar-refractivity contribution in [3.63, 3.8) is 0 Å². The maximum atomic E-state index is 5.63. The molecule has 1 unspecified atom stereocenters. The summed E-state index contributed by atoms with van der Waals surface area (Å²) < 4.78 is 12.5. The van der Waals surface area contributed by atoms with Gasteiger partial charge in [0.2, 0.25) is 0 Å². The Hall–Kier alpha value is -0.950. The molecule has 0 spiro atoms. The van der Waals surface area contributed by atoms with Gasteiger partial charge >= 0.3 is 0 Å². The third kappa shape index (κ3) is 5.58. The summed E-state index contributed by atoms with van der Waals surface area (Å²) in [5.41, 5.74) is 5.23. The number of ether oxygens (including phenoxy) is 2. The lowest BCUT2D eigenvalue weighted by atomic mass is 10.1. The summed E-state index contributed by atoms with van der Waals surface area (Å²) in [5, 5.41) is 4.56. The SMILES string of the molecule is CCc1cc(CC(CCOCCOC)NN)n(CC)n1. The van der Waals surface area contributed by atoms with Crippen LogP contribution < -0.4 is 11.3 Å². The molecule has 0 bridgehead atoms. The molecule has 0 fully saturated rings. The first-order valence-corrected chi connectivity index (χ1v) is 7.33. The number of aromatic nitrogens is 2. The normalized spacial score (nSPS) is 12.8. The van der Waals surface area contributed by atoms with E-state index in [9.17, 15) is 0 Å². The van der Waals surface area contributed by atoms with Gasteiger partial charge in [-0.25, -0.2) is 0 Å². The number of aryl methyl sites for hydroxylation is 2. The van der Waals surface area contributed by atoms with E-state index in [0.29, 0.717) is 19.8 Å². The van der Waals surface area contributed by atoms with Crippen molar-refractivity contribution in [2.75, 3.05) is 26.9 Å². The van der Waals surface area contributed by atoms with Gasteiger partial charge in [-0.1, -0.05) is 6.92 Å². The highest BCUT2D eigenvalue weighted by Crippen LogP contribution is 2.10. The van der Waals surface area contributed by atoms with Crippen LogP contribution in [-0.4, -0.2) is 42.8 Å². The molecule has 1 rings (SSSR count). The number of rotatable bonds is 11. The lowest BCUT2D eigenvalue weighted by Gasteiger charge is -2.16. The predicted octanol–water partition coefficient (Wildman–Crippen LogP) is 0.893. The largest absolute Gasteiger partial charge is 0.382 e. The van der Waals surface area contributed by atoms with Gasteiger partial charge in [0.15, 0.2) is 0 Å². The third-order valence-corrected chi connectivity index (χ3v) is 3.31. The number of nitrogens with zero attached hydrogens (tertiary/aromatic N) is 2. The van der Waals surface area contributed by atoms with Gasteiger partial charge in [0.1, 0.15) is 0 Å². The van der Waals surface area contributed by atoms with E-state index >= 15 is 0 Å². The zero-order chi connectivity index (χ0) is 14.8. The zero-order valence-electron chi connectivity index (χ0n) is 12.9. The van der Waals surface area contributed by atoms with Crippen molar-refractivity contribution in [1.82, 2.24) is 15.2 Å². The quantitative estimate of drug-likeness (QED) is 0.359. The van der Waals surface area contributed by atoms with Crippen molar-refractivity contribution in [3.8, 4) is 0 Å². The van der Waals surface area contributed by atoms with Crippen LogP contribution in [-0.2, 0) is 28.9 Å². The van der Waals surface area contributed by atoms with Crippen LogP contribution in [0.5, 0.6) is 0 Å². The summed E-state index contributed by atoms with van der Waals surface area (Å²) in [5.74, 6) is 5.63. The van der Waals surface area contributed by atoms with Gasteiger partial charge in [0, 0.05) is 38.4 Å². The molecule has 3 N–H and O–H groups in total. The van der Waals surface area contributed by atoms with E-state index < -0.39 is 0 Å².